The smallest absolute Gasteiger partial charge is 0.274 e. The zero-order valence-electron chi connectivity index (χ0n) is 16.5. The van der Waals surface area contributed by atoms with Crippen LogP contribution in [-0.4, -0.2) is 70.0 Å². The molecule has 1 aliphatic carbocycles. The summed E-state index contributed by atoms with van der Waals surface area (Å²) in [5.74, 6) is 0.902. The SMILES string of the molecule is Cn1ccc(C(=O)N2CCC(CN3CC(C(=O)NCC4CC4)CC3=O)CC2)n1. The second-order valence-corrected chi connectivity index (χ2v) is 8.50. The van der Waals surface area contributed by atoms with E-state index < -0.39 is 0 Å². The van der Waals surface area contributed by atoms with Crippen LogP contribution in [0.15, 0.2) is 12.3 Å². The maximum absolute atomic E-state index is 12.5. The fourth-order valence-corrected chi connectivity index (χ4v) is 4.16. The normalized spacial score (nSPS) is 23.3. The minimum Gasteiger partial charge on any atom is -0.356 e. The highest BCUT2D eigenvalue weighted by molar-refractivity contribution is 5.92. The number of nitrogens with zero attached hydrogens (tertiary/aromatic N) is 4. The van der Waals surface area contributed by atoms with E-state index >= 15 is 0 Å². The predicted octanol–water partition coefficient (Wildman–Crippen LogP) is 0.647. The Labute approximate surface area is 165 Å². The van der Waals surface area contributed by atoms with Gasteiger partial charge < -0.3 is 15.1 Å². The Morgan fingerprint density at radius 1 is 1.18 bits per heavy atom. The van der Waals surface area contributed by atoms with Gasteiger partial charge >= 0.3 is 0 Å². The first-order chi connectivity index (χ1) is 13.5. The van der Waals surface area contributed by atoms with Crippen LogP contribution in [0.5, 0.6) is 0 Å². The van der Waals surface area contributed by atoms with E-state index in [1.165, 1.54) is 12.8 Å². The van der Waals surface area contributed by atoms with Gasteiger partial charge in [0, 0.05) is 52.4 Å². The number of carbonyl (C=O) groups excluding carboxylic acids is 3. The van der Waals surface area contributed by atoms with Crippen molar-refractivity contribution in [1.29, 1.82) is 0 Å². The van der Waals surface area contributed by atoms with Gasteiger partial charge in [-0.2, -0.15) is 5.10 Å². The zero-order valence-corrected chi connectivity index (χ0v) is 16.5. The standard InChI is InChI=1S/C20H29N5O3/c1-23-7-6-17(22-23)20(28)24-8-4-15(5-9-24)12-25-13-16(10-18(25)26)19(27)21-11-14-2-3-14/h6-7,14-16H,2-5,8-13H2,1H3,(H,21,27). The molecule has 2 aliphatic heterocycles. The van der Waals surface area contributed by atoms with Crippen molar-refractivity contribution in [2.24, 2.45) is 24.8 Å². The van der Waals surface area contributed by atoms with Crippen LogP contribution >= 0.6 is 0 Å². The van der Waals surface area contributed by atoms with Gasteiger partial charge in [-0.1, -0.05) is 0 Å². The summed E-state index contributed by atoms with van der Waals surface area (Å²) in [6.45, 7) is 3.35. The Morgan fingerprint density at radius 3 is 2.57 bits per heavy atom. The highest BCUT2D eigenvalue weighted by Gasteiger charge is 2.36. The lowest BCUT2D eigenvalue weighted by Crippen LogP contribution is -2.42. The van der Waals surface area contributed by atoms with Gasteiger partial charge in [0.1, 0.15) is 5.69 Å². The van der Waals surface area contributed by atoms with E-state index in [9.17, 15) is 14.4 Å². The average molecular weight is 387 g/mol. The van der Waals surface area contributed by atoms with Crippen LogP contribution in [-0.2, 0) is 16.6 Å². The quantitative estimate of drug-likeness (QED) is 0.776. The third-order valence-electron chi connectivity index (χ3n) is 6.16. The molecule has 1 unspecified atom stereocenters. The molecular weight excluding hydrogens is 358 g/mol. The number of aromatic nitrogens is 2. The summed E-state index contributed by atoms with van der Waals surface area (Å²) in [4.78, 5) is 40.8. The van der Waals surface area contributed by atoms with E-state index in [0.29, 0.717) is 50.1 Å². The summed E-state index contributed by atoms with van der Waals surface area (Å²) >= 11 is 0. The predicted molar refractivity (Wildman–Crippen MR) is 102 cm³/mol. The van der Waals surface area contributed by atoms with Crippen LogP contribution < -0.4 is 5.32 Å². The number of likely N-dealkylation sites (tertiary alicyclic amines) is 2. The molecule has 1 N–H and O–H groups in total. The van der Waals surface area contributed by atoms with Gasteiger partial charge in [0.2, 0.25) is 11.8 Å². The van der Waals surface area contributed by atoms with Crippen molar-refractivity contribution in [1.82, 2.24) is 24.9 Å². The molecule has 1 saturated carbocycles. The Bertz CT molecular complexity index is 749. The van der Waals surface area contributed by atoms with Gasteiger partial charge in [0.15, 0.2) is 0 Å². The van der Waals surface area contributed by atoms with Crippen LogP contribution in [0.2, 0.25) is 0 Å². The van der Waals surface area contributed by atoms with Crippen LogP contribution in [0, 0.1) is 17.8 Å². The molecule has 28 heavy (non-hydrogen) atoms. The van der Waals surface area contributed by atoms with Crippen molar-refractivity contribution in [2.75, 3.05) is 32.7 Å². The number of nitrogens with one attached hydrogen (secondary N) is 1. The molecule has 3 heterocycles. The monoisotopic (exact) mass is 387 g/mol. The summed E-state index contributed by atoms with van der Waals surface area (Å²) in [6, 6.07) is 1.74. The Hall–Kier alpha value is -2.38. The molecule has 3 aliphatic rings. The molecule has 0 aromatic carbocycles. The highest BCUT2D eigenvalue weighted by atomic mass is 16.2. The van der Waals surface area contributed by atoms with Gasteiger partial charge in [-0.15, -0.1) is 0 Å². The van der Waals surface area contributed by atoms with Crippen LogP contribution in [0.3, 0.4) is 0 Å². The lowest BCUT2D eigenvalue weighted by Gasteiger charge is -2.33. The summed E-state index contributed by atoms with van der Waals surface area (Å²) in [5, 5.41) is 7.18. The molecule has 1 aromatic rings. The molecular formula is C20H29N5O3. The van der Waals surface area contributed by atoms with Gasteiger partial charge in [-0.05, 0) is 43.6 Å². The minimum absolute atomic E-state index is 0.0244. The minimum atomic E-state index is -0.211. The molecule has 0 bridgehead atoms. The molecule has 8 nitrogen and oxygen atoms in total. The molecule has 3 amide bonds. The number of piperidine rings is 1. The van der Waals surface area contributed by atoms with E-state index in [1.54, 1.807) is 24.0 Å². The van der Waals surface area contributed by atoms with Crippen LogP contribution in [0.1, 0.15) is 42.6 Å². The first kappa shape index (κ1) is 19.0. The molecule has 1 atom stereocenters. The fourth-order valence-electron chi connectivity index (χ4n) is 4.16. The van der Waals surface area contributed by atoms with Gasteiger partial charge in [0.05, 0.1) is 5.92 Å². The van der Waals surface area contributed by atoms with Crippen molar-refractivity contribution in [3.05, 3.63) is 18.0 Å². The average Bonchev–Trinajstić information content (AvgIpc) is 3.32. The topological polar surface area (TPSA) is 87.5 Å². The Balaban J connectivity index is 1.22. The van der Waals surface area contributed by atoms with Crippen molar-refractivity contribution in [3.8, 4) is 0 Å². The summed E-state index contributed by atoms with van der Waals surface area (Å²) < 4.78 is 1.64. The van der Waals surface area contributed by atoms with Gasteiger partial charge in [-0.25, -0.2) is 0 Å². The summed E-state index contributed by atoms with van der Waals surface area (Å²) in [5.41, 5.74) is 0.482. The molecule has 8 heteroatoms. The summed E-state index contributed by atoms with van der Waals surface area (Å²) in [6.07, 6.45) is 6.26. The molecule has 3 fully saturated rings. The molecule has 4 rings (SSSR count). The number of rotatable bonds is 6. The number of hydrogen-bond acceptors (Lipinski definition) is 4. The molecule has 0 radical (unpaired) electrons. The Kier molecular flexibility index (Phi) is 5.37. The van der Waals surface area contributed by atoms with Crippen molar-refractivity contribution in [3.63, 3.8) is 0 Å². The highest BCUT2D eigenvalue weighted by Crippen LogP contribution is 2.28. The third kappa shape index (κ3) is 4.36. The molecule has 152 valence electrons. The largest absolute Gasteiger partial charge is 0.356 e. The lowest BCUT2D eigenvalue weighted by atomic mass is 9.96. The Morgan fingerprint density at radius 2 is 1.93 bits per heavy atom. The van der Waals surface area contributed by atoms with E-state index in [-0.39, 0.29) is 23.6 Å². The van der Waals surface area contributed by atoms with Crippen molar-refractivity contribution < 1.29 is 14.4 Å². The number of carbonyl (C=O) groups is 3. The third-order valence-corrected chi connectivity index (χ3v) is 6.16. The molecule has 1 aromatic heterocycles. The van der Waals surface area contributed by atoms with E-state index in [4.69, 9.17) is 0 Å². The van der Waals surface area contributed by atoms with Crippen molar-refractivity contribution >= 4 is 17.7 Å². The maximum Gasteiger partial charge on any atom is 0.274 e. The van der Waals surface area contributed by atoms with E-state index in [2.05, 4.69) is 10.4 Å². The van der Waals surface area contributed by atoms with Gasteiger partial charge in [0.25, 0.3) is 5.91 Å². The number of hydrogen-bond donors (Lipinski definition) is 1. The zero-order chi connectivity index (χ0) is 19.7. The lowest BCUT2D eigenvalue weighted by molar-refractivity contribution is -0.129. The maximum atomic E-state index is 12.5. The molecule has 0 spiro atoms. The molecule has 2 saturated heterocycles. The second-order valence-electron chi connectivity index (χ2n) is 8.50. The first-order valence-electron chi connectivity index (χ1n) is 10.3. The summed E-state index contributed by atoms with van der Waals surface area (Å²) in [7, 11) is 1.80. The van der Waals surface area contributed by atoms with Crippen molar-refractivity contribution in [2.45, 2.75) is 32.1 Å². The van der Waals surface area contributed by atoms with Crippen LogP contribution in [0.4, 0.5) is 0 Å². The van der Waals surface area contributed by atoms with E-state index in [1.807, 2.05) is 9.80 Å². The van der Waals surface area contributed by atoms with Gasteiger partial charge in [-0.3, -0.25) is 19.1 Å². The number of aryl methyl sites for hydroxylation is 1. The second kappa shape index (κ2) is 7.93. The first-order valence-corrected chi connectivity index (χ1v) is 10.3. The van der Waals surface area contributed by atoms with E-state index in [0.717, 1.165) is 19.4 Å². The number of amides is 3. The van der Waals surface area contributed by atoms with Crippen LogP contribution in [0.25, 0.3) is 0 Å². The fraction of sp³-hybridized carbons (Fsp3) is 0.700.